The Bertz CT molecular complexity index is 495. The minimum atomic E-state index is 0.127. The van der Waals surface area contributed by atoms with Gasteiger partial charge in [-0.25, -0.2) is 4.98 Å². The normalized spacial score (nSPS) is 11.5. The lowest BCUT2D eigenvalue weighted by molar-refractivity contribution is 0.412. The van der Waals surface area contributed by atoms with Crippen LogP contribution < -0.4 is 4.74 Å². The maximum absolute atomic E-state index is 5.39. The molecule has 0 bridgehead atoms. The highest BCUT2D eigenvalue weighted by Gasteiger charge is 2.16. The van der Waals surface area contributed by atoms with Crippen LogP contribution in [0, 0.1) is 0 Å². The summed E-state index contributed by atoms with van der Waals surface area (Å²) < 4.78 is 7.35. The van der Waals surface area contributed by atoms with Crippen LogP contribution in [0.3, 0.4) is 0 Å². The van der Waals surface area contributed by atoms with E-state index in [1.165, 1.54) is 5.56 Å². The van der Waals surface area contributed by atoms with Gasteiger partial charge < -0.3 is 9.30 Å². The van der Waals surface area contributed by atoms with Crippen LogP contribution in [0.25, 0.3) is 5.69 Å². The van der Waals surface area contributed by atoms with Crippen LogP contribution in [-0.2, 0) is 5.41 Å². The van der Waals surface area contributed by atoms with Gasteiger partial charge >= 0.3 is 0 Å². The average molecular weight is 230 g/mol. The quantitative estimate of drug-likeness (QED) is 0.792. The minimum Gasteiger partial charge on any atom is -0.495 e. The second-order valence-corrected chi connectivity index (χ2v) is 5.11. The first-order chi connectivity index (χ1) is 8.02. The van der Waals surface area contributed by atoms with Crippen molar-refractivity contribution in [1.29, 1.82) is 0 Å². The predicted molar refractivity (Wildman–Crippen MR) is 68.8 cm³/mol. The number of imidazole rings is 1. The highest BCUT2D eigenvalue weighted by atomic mass is 16.5. The van der Waals surface area contributed by atoms with Gasteiger partial charge in [0.15, 0.2) is 0 Å². The van der Waals surface area contributed by atoms with E-state index < -0.39 is 0 Å². The molecule has 2 rings (SSSR count). The van der Waals surface area contributed by atoms with Crippen LogP contribution in [0.2, 0.25) is 0 Å². The van der Waals surface area contributed by atoms with Gasteiger partial charge in [0, 0.05) is 12.4 Å². The zero-order valence-corrected chi connectivity index (χ0v) is 10.8. The van der Waals surface area contributed by atoms with Gasteiger partial charge in [-0.15, -0.1) is 0 Å². The fourth-order valence-corrected chi connectivity index (χ4v) is 1.76. The fraction of sp³-hybridized carbons (Fsp3) is 0.357. The van der Waals surface area contributed by atoms with Crippen molar-refractivity contribution >= 4 is 0 Å². The van der Waals surface area contributed by atoms with E-state index in [9.17, 15) is 0 Å². The van der Waals surface area contributed by atoms with Crippen LogP contribution in [0.15, 0.2) is 36.9 Å². The number of hydrogen-bond donors (Lipinski definition) is 0. The van der Waals surface area contributed by atoms with Gasteiger partial charge in [0.1, 0.15) is 5.75 Å². The molecule has 0 saturated heterocycles. The maximum atomic E-state index is 5.39. The average Bonchev–Trinajstić information content (AvgIpc) is 2.80. The summed E-state index contributed by atoms with van der Waals surface area (Å²) in [5.41, 5.74) is 2.43. The molecule has 0 aliphatic heterocycles. The van der Waals surface area contributed by atoms with E-state index in [4.69, 9.17) is 4.74 Å². The molecule has 0 saturated carbocycles. The highest BCUT2D eigenvalue weighted by molar-refractivity contribution is 5.50. The first kappa shape index (κ1) is 11.7. The van der Waals surface area contributed by atoms with Crippen LogP contribution in [-0.4, -0.2) is 16.7 Å². The largest absolute Gasteiger partial charge is 0.495 e. The van der Waals surface area contributed by atoms with Gasteiger partial charge in [-0.1, -0.05) is 26.8 Å². The van der Waals surface area contributed by atoms with E-state index in [2.05, 4.69) is 37.9 Å². The Balaban J connectivity index is 2.55. The molecular formula is C14H18N2O. The summed E-state index contributed by atoms with van der Waals surface area (Å²) in [5.74, 6) is 0.857. The van der Waals surface area contributed by atoms with Crippen LogP contribution in [0.5, 0.6) is 5.75 Å². The first-order valence-corrected chi connectivity index (χ1v) is 5.69. The lowest BCUT2D eigenvalue weighted by Gasteiger charge is -2.21. The summed E-state index contributed by atoms with van der Waals surface area (Å²) in [6.07, 6.45) is 5.47. The van der Waals surface area contributed by atoms with E-state index in [0.717, 1.165) is 11.4 Å². The van der Waals surface area contributed by atoms with Gasteiger partial charge in [-0.05, 0) is 23.1 Å². The molecule has 0 atom stereocenters. The first-order valence-electron chi connectivity index (χ1n) is 5.69. The molecule has 0 unspecified atom stereocenters. The van der Waals surface area contributed by atoms with Crippen molar-refractivity contribution in [2.45, 2.75) is 26.2 Å². The summed E-state index contributed by atoms with van der Waals surface area (Å²) in [6.45, 7) is 6.60. The fourth-order valence-electron chi connectivity index (χ4n) is 1.76. The van der Waals surface area contributed by atoms with E-state index in [-0.39, 0.29) is 5.41 Å². The van der Waals surface area contributed by atoms with Gasteiger partial charge in [0.05, 0.1) is 19.1 Å². The van der Waals surface area contributed by atoms with E-state index in [1.807, 2.05) is 16.8 Å². The molecule has 0 aliphatic rings. The molecule has 1 aromatic carbocycles. The maximum Gasteiger partial charge on any atom is 0.142 e. The Hall–Kier alpha value is -1.77. The monoisotopic (exact) mass is 230 g/mol. The van der Waals surface area contributed by atoms with Crippen molar-refractivity contribution in [1.82, 2.24) is 9.55 Å². The van der Waals surface area contributed by atoms with Crippen molar-refractivity contribution in [2.75, 3.05) is 7.11 Å². The zero-order valence-electron chi connectivity index (χ0n) is 10.8. The molecule has 2 aromatic rings. The number of hydrogen-bond acceptors (Lipinski definition) is 2. The third kappa shape index (κ3) is 2.33. The van der Waals surface area contributed by atoms with Crippen LogP contribution >= 0.6 is 0 Å². The number of ether oxygens (including phenoxy) is 1. The second-order valence-electron chi connectivity index (χ2n) is 5.11. The van der Waals surface area contributed by atoms with E-state index in [1.54, 1.807) is 19.6 Å². The molecule has 3 heteroatoms. The second kappa shape index (κ2) is 4.24. The molecule has 0 radical (unpaired) electrons. The standard InChI is InChI=1S/C14H18N2O/c1-14(2,3)11-5-6-13(17-4)12(9-11)16-8-7-15-10-16/h5-10H,1-4H3. The topological polar surface area (TPSA) is 27.1 Å². The van der Waals surface area contributed by atoms with Crippen molar-refractivity contribution in [3.63, 3.8) is 0 Å². The summed E-state index contributed by atoms with van der Waals surface area (Å²) >= 11 is 0. The molecule has 0 N–H and O–H groups in total. The van der Waals surface area contributed by atoms with Gasteiger partial charge in [-0.2, -0.15) is 0 Å². The Morgan fingerprint density at radius 3 is 2.53 bits per heavy atom. The number of rotatable bonds is 2. The molecule has 90 valence electrons. The summed E-state index contributed by atoms with van der Waals surface area (Å²) in [5, 5.41) is 0. The number of aromatic nitrogens is 2. The molecule has 1 aromatic heterocycles. The van der Waals surface area contributed by atoms with Crippen molar-refractivity contribution in [3.8, 4) is 11.4 Å². The summed E-state index contributed by atoms with van der Waals surface area (Å²) in [6, 6.07) is 6.27. The SMILES string of the molecule is COc1ccc(C(C)(C)C)cc1-n1ccnc1. The van der Waals surface area contributed by atoms with Crippen molar-refractivity contribution < 1.29 is 4.74 Å². The predicted octanol–water partition coefficient (Wildman–Crippen LogP) is 3.18. The Morgan fingerprint density at radius 1 is 1.24 bits per heavy atom. The van der Waals surface area contributed by atoms with Gasteiger partial charge in [0.25, 0.3) is 0 Å². The van der Waals surface area contributed by atoms with Crippen LogP contribution in [0.1, 0.15) is 26.3 Å². The summed E-state index contributed by atoms with van der Waals surface area (Å²) in [4.78, 5) is 4.07. The molecule has 0 spiro atoms. The smallest absolute Gasteiger partial charge is 0.142 e. The van der Waals surface area contributed by atoms with Gasteiger partial charge in [0.2, 0.25) is 0 Å². The third-order valence-electron chi connectivity index (χ3n) is 2.83. The Kier molecular flexibility index (Phi) is 2.92. The third-order valence-corrected chi connectivity index (χ3v) is 2.83. The Morgan fingerprint density at radius 2 is 2.00 bits per heavy atom. The zero-order chi connectivity index (χ0) is 12.5. The molecule has 3 nitrogen and oxygen atoms in total. The van der Waals surface area contributed by atoms with Crippen molar-refractivity contribution in [3.05, 3.63) is 42.5 Å². The number of benzene rings is 1. The number of nitrogens with zero attached hydrogens (tertiary/aromatic N) is 2. The molecule has 1 heterocycles. The van der Waals surface area contributed by atoms with E-state index in [0.29, 0.717) is 0 Å². The van der Waals surface area contributed by atoms with E-state index >= 15 is 0 Å². The lowest BCUT2D eigenvalue weighted by atomic mass is 9.87. The molecule has 0 aliphatic carbocycles. The van der Waals surface area contributed by atoms with Crippen LogP contribution in [0.4, 0.5) is 0 Å². The van der Waals surface area contributed by atoms with Gasteiger partial charge in [-0.3, -0.25) is 0 Å². The molecular weight excluding hydrogens is 212 g/mol. The lowest BCUT2D eigenvalue weighted by Crippen LogP contribution is -2.12. The highest BCUT2D eigenvalue weighted by Crippen LogP contribution is 2.30. The molecule has 0 amide bonds. The number of methoxy groups -OCH3 is 1. The minimum absolute atomic E-state index is 0.127. The van der Waals surface area contributed by atoms with Crippen molar-refractivity contribution in [2.24, 2.45) is 0 Å². The Labute approximate surface area is 102 Å². The molecule has 0 fully saturated rings. The summed E-state index contributed by atoms with van der Waals surface area (Å²) in [7, 11) is 1.69. The molecule has 17 heavy (non-hydrogen) atoms.